The standard InChI is InChI=1S/C75H74BN3/c1-73(2,3)58-26-15-51(16-27-58)53-23-32-61(33-24-53)78-68-38-25-56(54-17-28-59(29-18-54)74(4,5)6)44-67(68)76-66-37-36-63(77-64-40-48-39-49(42-64)43-65(77)41-48)47-69(66)79(62-34-21-52(22-35-62)50-13-11-10-12-14-50)71-46-57(45-70(78)72(71)76)55-19-30-60(31-20-55)75(7,8)9/h10-38,44-49,64-65H,39-43H2,1-9H3. The number of benzene rings is 9. The molecule has 2 saturated carbocycles. The van der Waals surface area contributed by atoms with Crippen LogP contribution in [0.2, 0.25) is 0 Å². The molecule has 79 heavy (non-hydrogen) atoms. The Bertz CT molecular complexity index is 3730. The fraction of sp³-hybridized carbons (Fsp3) is 0.280. The van der Waals surface area contributed by atoms with Crippen LogP contribution in [0.3, 0.4) is 0 Å². The summed E-state index contributed by atoms with van der Waals surface area (Å²) >= 11 is 0. The maximum Gasteiger partial charge on any atom is 0.252 e. The van der Waals surface area contributed by atoms with E-state index in [1.54, 1.807) is 0 Å². The van der Waals surface area contributed by atoms with E-state index in [0.29, 0.717) is 12.1 Å². The number of fused-ring (bicyclic) bond motifs is 4. The van der Waals surface area contributed by atoms with Gasteiger partial charge in [-0.05, 0) is 192 Å². The predicted octanol–water partition coefficient (Wildman–Crippen LogP) is 18.1. The SMILES string of the molecule is CC(C)(C)c1ccc(-c2ccc(N3c4ccc(-c5ccc(C(C)(C)C)cc5)cc4B4c5ccc(N6C7CC8CC(C7)CC6C8)cc5N(c5ccc(-c6ccccc6)cc5)c5cc(-c6ccc(C(C)(C)C)cc6)cc3c54)cc2)cc1. The highest BCUT2D eigenvalue weighted by atomic mass is 15.2. The Hall–Kier alpha value is -7.56. The van der Waals surface area contributed by atoms with Crippen LogP contribution in [0.5, 0.6) is 0 Å². The number of hydrogen-bond donors (Lipinski definition) is 0. The molecule has 4 heteroatoms. The van der Waals surface area contributed by atoms with Crippen molar-refractivity contribution < 1.29 is 0 Å². The van der Waals surface area contributed by atoms with Crippen molar-refractivity contribution in [3.63, 3.8) is 0 Å². The summed E-state index contributed by atoms with van der Waals surface area (Å²) in [4.78, 5) is 8.12. The molecule has 6 aliphatic rings. The molecular formula is C75H74BN3. The Labute approximate surface area is 471 Å². The van der Waals surface area contributed by atoms with E-state index in [9.17, 15) is 0 Å². The Morgan fingerprint density at radius 3 is 1.18 bits per heavy atom. The highest BCUT2D eigenvalue weighted by Gasteiger charge is 2.48. The molecule has 4 bridgehead atoms. The van der Waals surface area contributed by atoms with Crippen molar-refractivity contribution in [3.05, 3.63) is 217 Å². The first-order chi connectivity index (χ1) is 38.0. The Morgan fingerprint density at radius 2 is 0.709 bits per heavy atom. The van der Waals surface area contributed by atoms with E-state index in [0.717, 1.165) is 17.5 Å². The van der Waals surface area contributed by atoms with Crippen LogP contribution in [0.1, 0.15) is 111 Å². The Balaban J connectivity index is 1.01. The first-order valence-corrected chi connectivity index (χ1v) is 29.4. The topological polar surface area (TPSA) is 9.72 Å². The third kappa shape index (κ3) is 8.73. The van der Waals surface area contributed by atoms with Gasteiger partial charge in [0.25, 0.3) is 6.71 Å². The lowest BCUT2D eigenvalue weighted by Gasteiger charge is -2.57. The molecule has 9 aromatic carbocycles. The molecule has 4 fully saturated rings. The lowest BCUT2D eigenvalue weighted by molar-refractivity contribution is 0.0900. The molecule has 0 spiro atoms. The predicted molar refractivity (Wildman–Crippen MR) is 338 cm³/mol. The second-order valence-electron chi connectivity index (χ2n) is 27.1. The molecule has 3 nitrogen and oxygen atoms in total. The summed E-state index contributed by atoms with van der Waals surface area (Å²) in [7, 11) is 0. The van der Waals surface area contributed by atoms with Gasteiger partial charge >= 0.3 is 0 Å². The zero-order valence-electron chi connectivity index (χ0n) is 47.8. The number of piperidine rings is 2. The molecule has 2 saturated heterocycles. The van der Waals surface area contributed by atoms with E-state index in [2.05, 4.69) is 277 Å². The summed E-state index contributed by atoms with van der Waals surface area (Å²) < 4.78 is 0. The van der Waals surface area contributed by atoms with Gasteiger partial charge in [-0.1, -0.05) is 208 Å². The lowest BCUT2D eigenvalue weighted by Crippen LogP contribution is -2.61. The van der Waals surface area contributed by atoms with Gasteiger partial charge in [0.15, 0.2) is 0 Å². The smallest absolute Gasteiger partial charge is 0.252 e. The van der Waals surface area contributed by atoms with Crippen LogP contribution < -0.4 is 31.1 Å². The average Bonchev–Trinajstić information content (AvgIpc) is 3.59. The first-order valence-electron chi connectivity index (χ1n) is 29.4. The molecule has 4 aliphatic heterocycles. The summed E-state index contributed by atoms with van der Waals surface area (Å²) in [5.41, 5.74) is 26.7. The molecule has 0 atom stereocenters. The maximum absolute atomic E-state index is 2.88. The lowest BCUT2D eigenvalue weighted by atomic mass is 9.33. The monoisotopic (exact) mass is 1030 g/mol. The molecule has 9 aromatic rings. The Kier molecular flexibility index (Phi) is 11.7. The fourth-order valence-corrected chi connectivity index (χ4v) is 14.7. The minimum absolute atomic E-state index is 0.0274. The van der Waals surface area contributed by atoms with Crippen LogP contribution in [0, 0.1) is 11.8 Å². The van der Waals surface area contributed by atoms with Gasteiger partial charge in [-0.2, -0.15) is 0 Å². The van der Waals surface area contributed by atoms with Crippen molar-refractivity contribution in [2.24, 2.45) is 11.8 Å². The summed E-state index contributed by atoms with van der Waals surface area (Å²) in [6.45, 7) is 20.7. The average molecular weight is 1030 g/mol. The molecule has 4 heterocycles. The van der Waals surface area contributed by atoms with E-state index in [1.165, 1.54) is 144 Å². The van der Waals surface area contributed by atoms with Crippen LogP contribution in [-0.2, 0) is 16.2 Å². The minimum atomic E-state index is -0.0274. The number of anilines is 7. The van der Waals surface area contributed by atoms with Crippen molar-refractivity contribution >= 4 is 62.9 Å². The molecule has 15 rings (SSSR count). The molecule has 2 aliphatic carbocycles. The van der Waals surface area contributed by atoms with Crippen LogP contribution in [-0.4, -0.2) is 18.8 Å². The third-order valence-electron chi connectivity index (χ3n) is 18.8. The van der Waals surface area contributed by atoms with Crippen LogP contribution in [0.4, 0.5) is 39.8 Å². The summed E-state index contributed by atoms with van der Waals surface area (Å²) in [6.07, 6.45) is 6.75. The van der Waals surface area contributed by atoms with E-state index < -0.39 is 0 Å². The van der Waals surface area contributed by atoms with Crippen molar-refractivity contribution in [1.82, 2.24) is 0 Å². The van der Waals surface area contributed by atoms with Gasteiger partial charge in [0.2, 0.25) is 0 Å². The van der Waals surface area contributed by atoms with Gasteiger partial charge in [-0.25, -0.2) is 0 Å². The zero-order chi connectivity index (χ0) is 54.1. The maximum atomic E-state index is 2.88. The normalized spacial score (nSPS) is 19.1. The van der Waals surface area contributed by atoms with Crippen LogP contribution in [0.25, 0.3) is 44.5 Å². The number of nitrogens with zero attached hydrogens (tertiary/aromatic N) is 3. The quantitative estimate of drug-likeness (QED) is 0.147. The fourth-order valence-electron chi connectivity index (χ4n) is 14.7. The van der Waals surface area contributed by atoms with Crippen molar-refractivity contribution in [3.8, 4) is 44.5 Å². The molecule has 0 amide bonds. The number of rotatable bonds is 7. The van der Waals surface area contributed by atoms with Crippen molar-refractivity contribution in [2.75, 3.05) is 14.7 Å². The zero-order valence-corrected chi connectivity index (χ0v) is 47.8. The largest absolute Gasteiger partial charge is 0.365 e. The van der Waals surface area contributed by atoms with Crippen LogP contribution >= 0.6 is 0 Å². The van der Waals surface area contributed by atoms with E-state index in [-0.39, 0.29) is 23.0 Å². The van der Waals surface area contributed by atoms with Crippen molar-refractivity contribution in [1.29, 1.82) is 0 Å². The highest BCUT2D eigenvalue weighted by molar-refractivity contribution is 7.00. The van der Waals surface area contributed by atoms with Gasteiger partial charge in [0, 0.05) is 51.9 Å². The first kappa shape index (κ1) is 49.7. The van der Waals surface area contributed by atoms with E-state index in [4.69, 9.17) is 0 Å². The molecule has 0 N–H and O–H groups in total. The molecular weight excluding hydrogens is 954 g/mol. The van der Waals surface area contributed by atoms with E-state index in [1.807, 2.05) is 0 Å². The van der Waals surface area contributed by atoms with Crippen LogP contribution in [0.15, 0.2) is 200 Å². The molecule has 0 aromatic heterocycles. The third-order valence-corrected chi connectivity index (χ3v) is 18.8. The van der Waals surface area contributed by atoms with Crippen molar-refractivity contribution in [2.45, 2.75) is 123 Å². The minimum Gasteiger partial charge on any atom is -0.365 e. The molecule has 0 radical (unpaired) electrons. The second kappa shape index (κ2) is 18.5. The summed E-state index contributed by atoms with van der Waals surface area (Å²) in [6, 6.07) is 78.9. The van der Waals surface area contributed by atoms with Gasteiger partial charge in [-0.3, -0.25) is 0 Å². The summed E-state index contributed by atoms with van der Waals surface area (Å²) in [5.74, 6) is 1.77. The van der Waals surface area contributed by atoms with Gasteiger partial charge in [-0.15, -0.1) is 0 Å². The Morgan fingerprint density at radius 1 is 0.316 bits per heavy atom. The van der Waals surface area contributed by atoms with Gasteiger partial charge in [0.1, 0.15) is 0 Å². The molecule has 0 unspecified atom stereocenters. The summed E-state index contributed by atoms with van der Waals surface area (Å²) in [5, 5.41) is 0. The van der Waals surface area contributed by atoms with Gasteiger partial charge in [0.05, 0.1) is 0 Å². The second-order valence-corrected chi connectivity index (χ2v) is 27.1. The van der Waals surface area contributed by atoms with Gasteiger partial charge < -0.3 is 14.7 Å². The van der Waals surface area contributed by atoms with E-state index >= 15 is 0 Å². The highest BCUT2D eigenvalue weighted by Crippen LogP contribution is 2.53. The molecule has 392 valence electrons. The number of hydrogen-bond acceptors (Lipinski definition) is 3.